The molecular weight excluding hydrogens is 264 g/mol. The lowest BCUT2D eigenvalue weighted by Gasteiger charge is -2.20. The Morgan fingerprint density at radius 2 is 2.12 bits per heavy atom. The van der Waals surface area contributed by atoms with Crippen molar-refractivity contribution in [2.75, 3.05) is 12.4 Å². The normalized spacial score (nSPS) is 14.5. The summed E-state index contributed by atoms with van der Waals surface area (Å²) in [6.45, 7) is 4.58. The summed E-state index contributed by atoms with van der Waals surface area (Å²) >= 11 is 3.62. The van der Waals surface area contributed by atoms with Crippen molar-refractivity contribution in [1.82, 2.24) is 0 Å². The average Bonchev–Trinajstić information content (AvgIpc) is 2.35. The number of hydrogen-bond donors (Lipinski definition) is 0. The monoisotopic (exact) mass is 284 g/mol. The Labute approximate surface area is 107 Å². The molecule has 2 unspecified atom stereocenters. The lowest BCUT2D eigenvalue weighted by Crippen LogP contribution is -2.15. The summed E-state index contributed by atoms with van der Waals surface area (Å²) in [5.74, 6) is 2.41. The van der Waals surface area contributed by atoms with Crippen LogP contribution in [-0.4, -0.2) is 12.4 Å². The van der Waals surface area contributed by atoms with E-state index in [1.165, 1.54) is 12.0 Å². The topological polar surface area (TPSA) is 9.23 Å². The highest BCUT2D eigenvalue weighted by molar-refractivity contribution is 9.09. The van der Waals surface area contributed by atoms with E-state index >= 15 is 0 Å². The number of alkyl halides is 1. The van der Waals surface area contributed by atoms with Crippen molar-refractivity contribution in [2.24, 2.45) is 11.8 Å². The number of hydrogen-bond acceptors (Lipinski definition) is 1. The second-order valence-electron chi connectivity index (χ2n) is 4.36. The molecule has 0 saturated carbocycles. The van der Waals surface area contributed by atoms with Gasteiger partial charge in [-0.15, -0.1) is 0 Å². The Kier molecular flexibility index (Phi) is 5.89. The summed E-state index contributed by atoms with van der Waals surface area (Å²) in [6, 6.07) is 8.38. The summed E-state index contributed by atoms with van der Waals surface area (Å²) in [5.41, 5.74) is 1.36. The fourth-order valence-electron chi connectivity index (χ4n) is 1.84. The van der Waals surface area contributed by atoms with E-state index in [9.17, 15) is 0 Å². The lowest BCUT2D eigenvalue weighted by atomic mass is 9.88. The molecule has 90 valence electrons. The molecule has 0 fully saturated rings. The molecular formula is C14H21BrO. The van der Waals surface area contributed by atoms with E-state index in [0.29, 0.717) is 5.92 Å². The van der Waals surface area contributed by atoms with E-state index in [1.54, 1.807) is 7.11 Å². The molecule has 0 aliphatic rings. The van der Waals surface area contributed by atoms with Crippen LogP contribution in [0.15, 0.2) is 24.3 Å². The molecule has 0 saturated heterocycles. The van der Waals surface area contributed by atoms with Crippen LogP contribution in [0.3, 0.4) is 0 Å². The van der Waals surface area contributed by atoms with Gasteiger partial charge in [0.2, 0.25) is 0 Å². The number of ether oxygens (including phenoxy) is 1. The quantitative estimate of drug-likeness (QED) is 0.708. The van der Waals surface area contributed by atoms with Crippen LogP contribution in [0, 0.1) is 11.8 Å². The summed E-state index contributed by atoms with van der Waals surface area (Å²) in [6.07, 6.45) is 2.36. The van der Waals surface area contributed by atoms with E-state index in [2.05, 4.69) is 48.0 Å². The Morgan fingerprint density at radius 3 is 2.69 bits per heavy atom. The molecule has 0 aliphatic heterocycles. The van der Waals surface area contributed by atoms with E-state index in [-0.39, 0.29) is 0 Å². The Balaban J connectivity index is 2.69. The second-order valence-corrected chi connectivity index (χ2v) is 5.00. The van der Waals surface area contributed by atoms with Crippen LogP contribution < -0.4 is 4.74 Å². The Bertz CT molecular complexity index is 311. The molecule has 2 atom stereocenters. The Hall–Kier alpha value is -0.500. The van der Waals surface area contributed by atoms with Gasteiger partial charge in [-0.2, -0.15) is 0 Å². The van der Waals surface area contributed by atoms with Gasteiger partial charge in [0, 0.05) is 5.33 Å². The molecule has 0 spiro atoms. The molecule has 1 aromatic carbocycles. The van der Waals surface area contributed by atoms with Crippen molar-refractivity contribution in [3.63, 3.8) is 0 Å². The van der Waals surface area contributed by atoms with Gasteiger partial charge < -0.3 is 4.74 Å². The third kappa shape index (κ3) is 3.82. The first-order valence-corrected chi connectivity index (χ1v) is 7.02. The smallest absolute Gasteiger partial charge is 0.119 e. The van der Waals surface area contributed by atoms with E-state index in [0.717, 1.165) is 23.4 Å². The Morgan fingerprint density at radius 1 is 1.38 bits per heavy atom. The number of rotatable bonds is 6. The minimum absolute atomic E-state index is 0.706. The van der Waals surface area contributed by atoms with Gasteiger partial charge in [-0.05, 0) is 36.0 Å². The van der Waals surface area contributed by atoms with Crippen LogP contribution in [0.5, 0.6) is 5.75 Å². The molecule has 1 rings (SSSR count). The first-order chi connectivity index (χ1) is 7.71. The lowest BCUT2D eigenvalue weighted by molar-refractivity contribution is 0.381. The summed E-state index contributed by atoms with van der Waals surface area (Å²) in [5, 5.41) is 1.07. The zero-order valence-corrected chi connectivity index (χ0v) is 12.0. The minimum Gasteiger partial charge on any atom is -0.497 e. The van der Waals surface area contributed by atoms with Crippen molar-refractivity contribution in [3.05, 3.63) is 29.8 Å². The van der Waals surface area contributed by atoms with Crippen molar-refractivity contribution in [3.8, 4) is 5.75 Å². The molecule has 1 nitrogen and oxygen atoms in total. The van der Waals surface area contributed by atoms with Crippen LogP contribution >= 0.6 is 15.9 Å². The van der Waals surface area contributed by atoms with E-state index < -0.39 is 0 Å². The molecule has 0 N–H and O–H groups in total. The molecule has 0 aliphatic carbocycles. The van der Waals surface area contributed by atoms with E-state index in [1.807, 2.05) is 6.07 Å². The van der Waals surface area contributed by atoms with Gasteiger partial charge in [0.15, 0.2) is 0 Å². The largest absolute Gasteiger partial charge is 0.497 e. The maximum Gasteiger partial charge on any atom is 0.119 e. The second kappa shape index (κ2) is 6.95. The van der Waals surface area contributed by atoms with Crippen LogP contribution in [0.2, 0.25) is 0 Å². The van der Waals surface area contributed by atoms with E-state index in [4.69, 9.17) is 4.74 Å². The summed E-state index contributed by atoms with van der Waals surface area (Å²) in [4.78, 5) is 0. The first kappa shape index (κ1) is 13.6. The van der Waals surface area contributed by atoms with Crippen molar-refractivity contribution in [1.29, 1.82) is 0 Å². The molecule has 0 aromatic heterocycles. The van der Waals surface area contributed by atoms with Gasteiger partial charge in [-0.1, -0.05) is 48.3 Å². The van der Waals surface area contributed by atoms with Gasteiger partial charge in [0.05, 0.1) is 7.11 Å². The fourth-order valence-corrected chi connectivity index (χ4v) is 2.71. The zero-order valence-electron chi connectivity index (χ0n) is 10.4. The fraction of sp³-hybridized carbons (Fsp3) is 0.571. The van der Waals surface area contributed by atoms with Crippen LogP contribution in [0.1, 0.15) is 25.8 Å². The molecule has 16 heavy (non-hydrogen) atoms. The molecule has 1 aromatic rings. The number of halogens is 1. The predicted octanol–water partition coefficient (Wildman–Crippen LogP) is 4.29. The van der Waals surface area contributed by atoms with Gasteiger partial charge in [0.25, 0.3) is 0 Å². The third-order valence-electron chi connectivity index (χ3n) is 3.28. The maximum atomic E-state index is 5.25. The molecule has 0 radical (unpaired) electrons. The maximum absolute atomic E-state index is 5.25. The predicted molar refractivity (Wildman–Crippen MR) is 73.4 cm³/mol. The molecule has 0 heterocycles. The third-order valence-corrected chi connectivity index (χ3v) is 4.11. The average molecular weight is 285 g/mol. The highest BCUT2D eigenvalue weighted by Gasteiger charge is 2.15. The summed E-state index contributed by atoms with van der Waals surface area (Å²) < 4.78 is 5.25. The highest BCUT2D eigenvalue weighted by Crippen LogP contribution is 2.24. The van der Waals surface area contributed by atoms with Crippen molar-refractivity contribution >= 4 is 15.9 Å². The summed E-state index contributed by atoms with van der Waals surface area (Å²) in [7, 11) is 1.72. The number of benzene rings is 1. The van der Waals surface area contributed by atoms with Crippen molar-refractivity contribution < 1.29 is 4.74 Å². The minimum atomic E-state index is 0.706. The van der Waals surface area contributed by atoms with Gasteiger partial charge >= 0.3 is 0 Å². The standard InChI is InChI=1S/C14H21BrO/c1-4-11(2)13(10-15)8-12-6-5-7-14(9-12)16-3/h5-7,9,11,13H,4,8,10H2,1-3H3. The van der Waals surface area contributed by atoms with Gasteiger partial charge in [0.1, 0.15) is 5.75 Å². The van der Waals surface area contributed by atoms with Gasteiger partial charge in [-0.25, -0.2) is 0 Å². The SMILES string of the molecule is CCC(C)C(CBr)Cc1cccc(OC)c1. The zero-order chi connectivity index (χ0) is 12.0. The molecule has 2 heteroatoms. The van der Waals surface area contributed by atoms with Crippen LogP contribution in [0.25, 0.3) is 0 Å². The van der Waals surface area contributed by atoms with Crippen molar-refractivity contribution in [2.45, 2.75) is 26.7 Å². The van der Waals surface area contributed by atoms with Crippen LogP contribution in [-0.2, 0) is 6.42 Å². The molecule has 0 amide bonds. The van der Waals surface area contributed by atoms with Crippen LogP contribution in [0.4, 0.5) is 0 Å². The highest BCUT2D eigenvalue weighted by atomic mass is 79.9. The first-order valence-electron chi connectivity index (χ1n) is 5.90. The molecule has 0 bridgehead atoms. The number of methoxy groups -OCH3 is 1. The van der Waals surface area contributed by atoms with Gasteiger partial charge in [-0.3, -0.25) is 0 Å².